The second kappa shape index (κ2) is 11.0. The Bertz CT molecular complexity index is 1030. The predicted molar refractivity (Wildman–Crippen MR) is 128 cm³/mol. The van der Waals surface area contributed by atoms with Crippen LogP contribution in [0.5, 0.6) is 5.75 Å². The van der Waals surface area contributed by atoms with Crippen LogP contribution in [0.4, 0.5) is 16.2 Å². The van der Waals surface area contributed by atoms with Crippen LogP contribution < -0.4 is 20.3 Å². The molecule has 0 unspecified atom stereocenters. The van der Waals surface area contributed by atoms with Gasteiger partial charge in [-0.2, -0.15) is 0 Å². The lowest BCUT2D eigenvalue weighted by Crippen LogP contribution is -2.42. The van der Waals surface area contributed by atoms with Crippen LogP contribution in [0.2, 0.25) is 0 Å². The van der Waals surface area contributed by atoms with Crippen molar-refractivity contribution >= 4 is 23.3 Å². The van der Waals surface area contributed by atoms with Gasteiger partial charge < -0.3 is 15.4 Å². The molecule has 3 aromatic rings. The van der Waals surface area contributed by atoms with E-state index in [4.69, 9.17) is 4.74 Å². The number of hydrogen-bond acceptors (Lipinski definition) is 3. The number of amides is 3. The van der Waals surface area contributed by atoms with Gasteiger partial charge in [0.15, 0.2) is 0 Å². The van der Waals surface area contributed by atoms with Crippen molar-refractivity contribution in [3.05, 3.63) is 90.0 Å². The molecule has 0 aliphatic heterocycles. The highest BCUT2D eigenvalue weighted by Gasteiger charge is 2.18. The third kappa shape index (κ3) is 6.60. The maximum atomic E-state index is 12.9. The van der Waals surface area contributed by atoms with E-state index in [-0.39, 0.29) is 24.4 Å². The van der Waals surface area contributed by atoms with E-state index in [2.05, 4.69) is 10.6 Å². The van der Waals surface area contributed by atoms with Gasteiger partial charge in [-0.15, -0.1) is 0 Å². The first kappa shape index (κ1) is 22.9. The normalized spacial score (nSPS) is 10.5. The number of benzene rings is 3. The van der Waals surface area contributed by atoms with Crippen LogP contribution in [0.1, 0.15) is 25.0 Å². The first-order chi connectivity index (χ1) is 15.4. The van der Waals surface area contributed by atoms with Gasteiger partial charge in [-0.25, -0.2) is 4.79 Å². The average Bonchev–Trinajstić information content (AvgIpc) is 2.78. The monoisotopic (exact) mass is 431 g/mol. The lowest BCUT2D eigenvalue weighted by molar-refractivity contribution is -0.115. The topological polar surface area (TPSA) is 70.7 Å². The first-order valence-corrected chi connectivity index (χ1v) is 10.6. The highest BCUT2D eigenvalue weighted by atomic mass is 16.5. The van der Waals surface area contributed by atoms with Crippen LogP contribution in [-0.4, -0.2) is 25.1 Å². The fraction of sp³-hybridized carbons (Fsp3) is 0.231. The second-order valence-electron chi connectivity index (χ2n) is 7.80. The van der Waals surface area contributed by atoms with Crippen molar-refractivity contribution in [3.8, 4) is 5.75 Å². The lowest BCUT2D eigenvalue weighted by Gasteiger charge is -2.25. The lowest BCUT2D eigenvalue weighted by atomic mass is 10.1. The fourth-order valence-corrected chi connectivity index (χ4v) is 3.27. The number of carbonyl (C=O) groups is 2. The quantitative estimate of drug-likeness (QED) is 0.527. The molecule has 0 fully saturated rings. The number of carbonyl (C=O) groups excluding carboxylic acids is 2. The Labute approximate surface area is 189 Å². The number of anilines is 2. The van der Waals surface area contributed by atoms with E-state index in [0.29, 0.717) is 12.2 Å². The first-order valence-electron chi connectivity index (χ1n) is 10.6. The van der Waals surface area contributed by atoms with Gasteiger partial charge in [0.05, 0.1) is 20.1 Å². The molecule has 6 nitrogen and oxygen atoms in total. The Kier molecular flexibility index (Phi) is 7.86. The molecule has 6 heteroatoms. The highest BCUT2D eigenvalue weighted by Crippen LogP contribution is 2.21. The minimum absolute atomic E-state index is 0.0132. The van der Waals surface area contributed by atoms with Crippen LogP contribution in [0.25, 0.3) is 0 Å². The van der Waals surface area contributed by atoms with E-state index in [1.54, 1.807) is 36.3 Å². The molecule has 166 valence electrons. The molecule has 0 saturated carbocycles. The van der Waals surface area contributed by atoms with Crippen LogP contribution >= 0.6 is 0 Å². The molecule has 0 atom stereocenters. The number of urea groups is 1. The highest BCUT2D eigenvalue weighted by molar-refractivity contribution is 5.94. The molecule has 0 bridgehead atoms. The zero-order chi connectivity index (χ0) is 22.9. The minimum Gasteiger partial charge on any atom is -0.497 e. The molecular weight excluding hydrogens is 402 g/mol. The third-order valence-electron chi connectivity index (χ3n) is 4.80. The van der Waals surface area contributed by atoms with Gasteiger partial charge in [0, 0.05) is 17.4 Å². The smallest absolute Gasteiger partial charge is 0.322 e. The summed E-state index contributed by atoms with van der Waals surface area (Å²) < 4.78 is 5.14. The van der Waals surface area contributed by atoms with E-state index in [1.807, 2.05) is 68.4 Å². The van der Waals surface area contributed by atoms with Gasteiger partial charge in [-0.05, 0) is 61.4 Å². The summed E-state index contributed by atoms with van der Waals surface area (Å²) in [7, 11) is 1.60. The molecule has 3 aromatic carbocycles. The Morgan fingerprint density at radius 1 is 0.906 bits per heavy atom. The number of nitrogens with zero attached hydrogens (tertiary/aromatic N) is 1. The summed E-state index contributed by atoms with van der Waals surface area (Å²) in [5.41, 5.74) is 3.29. The van der Waals surface area contributed by atoms with Crippen LogP contribution in [0, 0.1) is 0 Å². The Hall–Kier alpha value is -3.80. The van der Waals surface area contributed by atoms with Crippen LogP contribution in [-0.2, 0) is 17.8 Å². The van der Waals surface area contributed by atoms with Crippen LogP contribution in [0.3, 0.4) is 0 Å². The number of rotatable bonds is 8. The molecule has 32 heavy (non-hydrogen) atoms. The molecule has 0 spiro atoms. The number of methoxy groups -OCH3 is 1. The number of hydrogen-bond donors (Lipinski definition) is 2. The minimum atomic E-state index is -0.177. The largest absolute Gasteiger partial charge is 0.497 e. The summed E-state index contributed by atoms with van der Waals surface area (Å²) in [6, 6.07) is 24.4. The molecule has 0 aliphatic carbocycles. The van der Waals surface area contributed by atoms with Crippen molar-refractivity contribution in [2.75, 3.05) is 17.3 Å². The van der Waals surface area contributed by atoms with E-state index < -0.39 is 0 Å². The summed E-state index contributed by atoms with van der Waals surface area (Å²) >= 11 is 0. The van der Waals surface area contributed by atoms with Gasteiger partial charge in [0.1, 0.15) is 5.75 Å². The van der Waals surface area contributed by atoms with E-state index in [9.17, 15) is 9.59 Å². The van der Waals surface area contributed by atoms with Gasteiger partial charge in [-0.1, -0.05) is 42.5 Å². The molecule has 3 amide bonds. The molecule has 3 rings (SSSR count). The van der Waals surface area contributed by atoms with E-state index in [1.165, 1.54) is 0 Å². The zero-order valence-electron chi connectivity index (χ0n) is 18.7. The van der Waals surface area contributed by atoms with Gasteiger partial charge in [0.25, 0.3) is 0 Å². The maximum absolute atomic E-state index is 12.9. The molecule has 2 N–H and O–H groups in total. The summed E-state index contributed by atoms with van der Waals surface area (Å²) in [6.07, 6.45) is 0.199. The maximum Gasteiger partial charge on any atom is 0.322 e. The van der Waals surface area contributed by atoms with Crippen molar-refractivity contribution in [1.82, 2.24) is 5.32 Å². The molecular formula is C26H29N3O3. The third-order valence-corrected chi connectivity index (χ3v) is 4.80. The zero-order valence-corrected chi connectivity index (χ0v) is 18.7. The van der Waals surface area contributed by atoms with Crippen molar-refractivity contribution < 1.29 is 14.3 Å². The summed E-state index contributed by atoms with van der Waals surface area (Å²) in [4.78, 5) is 27.2. The Balaban J connectivity index is 1.75. The standard InChI is InChI=1S/C26H29N3O3/c1-19(2)27-26(31)29(18-20-8-5-4-6-9-20)23-11-7-10-21(16-23)17-25(30)28-22-12-14-24(32-3)15-13-22/h4-16,19H,17-18H2,1-3H3,(H,27,31)(H,28,30). The molecule has 0 heterocycles. The number of nitrogens with one attached hydrogen (secondary N) is 2. The molecule has 0 aliphatic rings. The molecule has 0 aromatic heterocycles. The summed E-state index contributed by atoms with van der Waals surface area (Å²) in [6.45, 7) is 4.29. The second-order valence-corrected chi connectivity index (χ2v) is 7.80. The number of ether oxygens (including phenoxy) is 1. The van der Waals surface area contributed by atoms with Crippen molar-refractivity contribution in [2.24, 2.45) is 0 Å². The van der Waals surface area contributed by atoms with E-state index in [0.717, 1.165) is 22.6 Å². The van der Waals surface area contributed by atoms with Crippen molar-refractivity contribution in [2.45, 2.75) is 32.9 Å². The van der Waals surface area contributed by atoms with Gasteiger partial charge in [0.2, 0.25) is 5.91 Å². The molecule has 0 radical (unpaired) electrons. The Morgan fingerprint density at radius 3 is 2.25 bits per heavy atom. The predicted octanol–water partition coefficient (Wildman–Crippen LogP) is 5.00. The SMILES string of the molecule is COc1ccc(NC(=O)Cc2cccc(N(Cc3ccccc3)C(=O)NC(C)C)c2)cc1. The van der Waals surface area contributed by atoms with E-state index >= 15 is 0 Å². The Morgan fingerprint density at radius 2 is 1.59 bits per heavy atom. The fourth-order valence-electron chi connectivity index (χ4n) is 3.27. The van der Waals surface area contributed by atoms with Crippen molar-refractivity contribution in [1.29, 1.82) is 0 Å². The van der Waals surface area contributed by atoms with Gasteiger partial charge in [-0.3, -0.25) is 9.69 Å². The summed E-state index contributed by atoms with van der Waals surface area (Å²) in [5, 5.41) is 5.85. The summed E-state index contributed by atoms with van der Waals surface area (Å²) in [5.74, 6) is 0.599. The average molecular weight is 432 g/mol. The molecule has 0 saturated heterocycles. The van der Waals surface area contributed by atoms with Crippen molar-refractivity contribution in [3.63, 3.8) is 0 Å². The van der Waals surface area contributed by atoms with Gasteiger partial charge >= 0.3 is 6.03 Å². The van der Waals surface area contributed by atoms with Crippen LogP contribution in [0.15, 0.2) is 78.9 Å².